The minimum Gasteiger partial charge on any atom is -0.289 e. The largest absolute Gasteiger partial charge is 0.289 e. The first-order valence-corrected chi connectivity index (χ1v) is 9.75. The fraction of sp³-hybridized carbons (Fsp3) is 0. The lowest BCUT2D eigenvalue weighted by molar-refractivity contribution is 0.103. The topological polar surface area (TPSA) is 45.2 Å². The van der Waals surface area contributed by atoms with Crippen LogP contribution in [0.2, 0.25) is 0 Å². The van der Waals surface area contributed by atoms with E-state index in [1.165, 1.54) is 60.7 Å². The quantitative estimate of drug-likeness (QED) is 0.194. The average molecular weight is 438 g/mol. The molecule has 158 valence electrons. The number of benzene rings is 4. The van der Waals surface area contributed by atoms with Crippen LogP contribution in [-0.4, -0.2) is 5.78 Å². The number of carbonyl (C=O) groups is 1. The highest BCUT2D eigenvalue weighted by atomic mass is 19.2. The molecule has 6 heteroatoms. The second kappa shape index (κ2) is 8.82. The summed E-state index contributed by atoms with van der Waals surface area (Å²) in [6, 6.07) is 21.1. The zero-order valence-electron chi connectivity index (χ0n) is 16.9. The Hall–Kier alpha value is -4.68. The molecule has 0 saturated carbocycles. The maximum atomic E-state index is 15.3. The Morgan fingerprint density at radius 1 is 0.788 bits per heavy atom. The van der Waals surface area contributed by atoms with E-state index >= 15 is 8.78 Å². The molecule has 0 heterocycles. The van der Waals surface area contributed by atoms with Crippen LogP contribution >= 0.6 is 0 Å². The molecule has 0 bridgehead atoms. The van der Waals surface area contributed by atoms with Gasteiger partial charge in [-0.1, -0.05) is 60.7 Å². The molecular weight excluding hydrogens is 425 g/mol. The van der Waals surface area contributed by atoms with Crippen molar-refractivity contribution in [3.8, 4) is 28.3 Å². The number of nitriles is 1. The molecule has 4 aromatic carbocycles. The summed E-state index contributed by atoms with van der Waals surface area (Å²) in [5, 5.41) is 9.25. The number of nitrogens with zero attached hydrogens (tertiary/aromatic N) is 2. The van der Waals surface area contributed by atoms with Gasteiger partial charge < -0.3 is 0 Å². The maximum absolute atomic E-state index is 15.3. The van der Waals surface area contributed by atoms with E-state index in [4.69, 9.17) is 6.57 Å². The summed E-state index contributed by atoms with van der Waals surface area (Å²) in [5.74, 6) is -5.55. The lowest BCUT2D eigenvalue weighted by atomic mass is 9.86. The van der Waals surface area contributed by atoms with Crippen LogP contribution in [0, 0.1) is 35.4 Å². The molecule has 4 rings (SSSR count). The summed E-state index contributed by atoms with van der Waals surface area (Å²) < 4.78 is 45.4. The van der Waals surface area contributed by atoms with Crippen LogP contribution in [0.25, 0.3) is 27.1 Å². The van der Waals surface area contributed by atoms with Crippen LogP contribution < -0.4 is 0 Å². The smallest absolute Gasteiger partial charge is 0.195 e. The molecule has 0 aliphatic carbocycles. The summed E-state index contributed by atoms with van der Waals surface area (Å²) in [6.07, 6.45) is 0. The number of rotatable bonds is 4. The third-order valence-corrected chi connectivity index (χ3v) is 5.13. The third-order valence-electron chi connectivity index (χ3n) is 5.13. The lowest BCUT2D eigenvalue weighted by Gasteiger charge is -2.18. The number of ketones is 1. The van der Waals surface area contributed by atoms with E-state index in [1.54, 1.807) is 18.2 Å². The number of hydrogen-bond acceptors (Lipinski definition) is 2. The molecule has 0 aliphatic heterocycles. The van der Waals surface area contributed by atoms with Gasteiger partial charge in [-0.05, 0) is 29.3 Å². The molecule has 33 heavy (non-hydrogen) atoms. The van der Waals surface area contributed by atoms with Crippen molar-refractivity contribution in [2.75, 3.05) is 0 Å². The fourth-order valence-corrected chi connectivity index (χ4v) is 3.64. The van der Waals surface area contributed by atoms with Gasteiger partial charge in [0.2, 0.25) is 0 Å². The summed E-state index contributed by atoms with van der Waals surface area (Å²) in [5.41, 5.74) is -0.759. The van der Waals surface area contributed by atoms with Gasteiger partial charge in [-0.15, -0.1) is 0 Å². The number of carbonyl (C=O) groups excluding carboxylic acids is 1. The molecule has 0 fully saturated rings. The van der Waals surface area contributed by atoms with Crippen LogP contribution in [0.15, 0.2) is 78.9 Å². The van der Waals surface area contributed by atoms with Crippen molar-refractivity contribution in [1.82, 2.24) is 0 Å². The Labute approximate surface area is 187 Å². The van der Waals surface area contributed by atoms with E-state index < -0.39 is 39.9 Å². The second-order valence-corrected chi connectivity index (χ2v) is 7.12. The Kier molecular flexibility index (Phi) is 5.76. The SMILES string of the molecule is [C-]#[N+]c1cccc(-c2c(F)c(F)c(F)c(-c3cccc(C#N)c3)c2C(=O)c2ccccc2)c1. The maximum Gasteiger partial charge on any atom is 0.195 e. The summed E-state index contributed by atoms with van der Waals surface area (Å²) in [7, 11) is 0. The highest BCUT2D eigenvalue weighted by Gasteiger charge is 2.31. The Morgan fingerprint density at radius 3 is 2.00 bits per heavy atom. The van der Waals surface area contributed by atoms with Gasteiger partial charge in [0.05, 0.1) is 18.2 Å². The minimum absolute atomic E-state index is 0.0484. The lowest BCUT2D eigenvalue weighted by Crippen LogP contribution is -2.12. The molecule has 0 aromatic heterocycles. The molecule has 4 aromatic rings. The van der Waals surface area contributed by atoms with E-state index in [0.717, 1.165) is 0 Å². The monoisotopic (exact) mass is 438 g/mol. The van der Waals surface area contributed by atoms with Crippen molar-refractivity contribution in [3.05, 3.63) is 124 Å². The molecule has 0 spiro atoms. The molecule has 0 unspecified atom stereocenters. The fourth-order valence-electron chi connectivity index (χ4n) is 3.64. The molecule has 3 nitrogen and oxygen atoms in total. The van der Waals surface area contributed by atoms with Gasteiger partial charge in [-0.25, -0.2) is 18.0 Å². The average Bonchev–Trinajstić information content (AvgIpc) is 2.87. The summed E-state index contributed by atoms with van der Waals surface area (Å²) >= 11 is 0. The predicted molar refractivity (Wildman–Crippen MR) is 118 cm³/mol. The van der Waals surface area contributed by atoms with Crippen LogP contribution in [-0.2, 0) is 0 Å². The highest BCUT2D eigenvalue weighted by Crippen LogP contribution is 2.40. The van der Waals surface area contributed by atoms with E-state index in [0.29, 0.717) is 0 Å². The molecule has 0 saturated heterocycles. The van der Waals surface area contributed by atoms with Gasteiger partial charge in [0.15, 0.2) is 28.9 Å². The number of halogens is 3. The Balaban J connectivity index is 2.16. The van der Waals surface area contributed by atoms with Gasteiger partial charge >= 0.3 is 0 Å². The van der Waals surface area contributed by atoms with Crippen LogP contribution in [0.5, 0.6) is 0 Å². The molecular formula is C27H13F3N2O. The standard InChI is InChI=1S/C27H13F3N2O/c1-32-20-12-6-11-19(14-20)22-23(27(33)17-8-3-2-4-9-17)21(24(28)26(30)25(22)29)18-10-5-7-16(13-18)15-31/h2-14H. The first-order valence-electron chi connectivity index (χ1n) is 9.75. The second-order valence-electron chi connectivity index (χ2n) is 7.12. The third kappa shape index (κ3) is 3.86. The van der Waals surface area contributed by atoms with Crippen LogP contribution in [0.4, 0.5) is 18.9 Å². The Morgan fingerprint density at radius 2 is 1.39 bits per heavy atom. The normalized spacial score (nSPS) is 10.3. The predicted octanol–water partition coefficient (Wildman–Crippen LogP) is 7.09. The van der Waals surface area contributed by atoms with Gasteiger partial charge in [0.25, 0.3) is 0 Å². The van der Waals surface area contributed by atoms with Crippen LogP contribution in [0.3, 0.4) is 0 Å². The van der Waals surface area contributed by atoms with Crippen molar-refractivity contribution in [3.63, 3.8) is 0 Å². The first-order chi connectivity index (χ1) is 16.0. The molecule has 0 aliphatic rings. The van der Waals surface area contributed by atoms with Crippen molar-refractivity contribution in [2.24, 2.45) is 0 Å². The summed E-state index contributed by atoms with van der Waals surface area (Å²) in [4.78, 5) is 16.9. The van der Waals surface area contributed by atoms with Crippen molar-refractivity contribution >= 4 is 11.5 Å². The van der Waals surface area contributed by atoms with E-state index in [1.807, 2.05) is 6.07 Å². The first kappa shape index (κ1) is 21.5. The van der Waals surface area contributed by atoms with Crippen molar-refractivity contribution in [2.45, 2.75) is 0 Å². The van der Waals surface area contributed by atoms with Gasteiger partial charge in [-0.2, -0.15) is 5.26 Å². The molecule has 0 radical (unpaired) electrons. The van der Waals surface area contributed by atoms with Crippen molar-refractivity contribution < 1.29 is 18.0 Å². The zero-order valence-corrected chi connectivity index (χ0v) is 16.9. The van der Waals surface area contributed by atoms with Crippen LogP contribution in [0.1, 0.15) is 21.5 Å². The van der Waals surface area contributed by atoms with E-state index in [9.17, 15) is 14.4 Å². The summed E-state index contributed by atoms with van der Waals surface area (Å²) in [6.45, 7) is 7.23. The number of hydrogen-bond donors (Lipinski definition) is 0. The molecule has 0 atom stereocenters. The Bertz CT molecular complexity index is 1400. The van der Waals surface area contributed by atoms with Gasteiger partial charge in [-0.3, -0.25) is 4.79 Å². The minimum atomic E-state index is -1.75. The van der Waals surface area contributed by atoms with E-state index in [-0.39, 0.29) is 27.9 Å². The highest BCUT2D eigenvalue weighted by molar-refractivity contribution is 6.17. The van der Waals surface area contributed by atoms with Gasteiger partial charge in [0.1, 0.15) is 0 Å². The zero-order chi connectivity index (χ0) is 23.5. The molecule has 0 N–H and O–H groups in total. The molecule has 0 amide bonds. The van der Waals surface area contributed by atoms with Gasteiger partial charge in [0, 0.05) is 22.3 Å². The van der Waals surface area contributed by atoms with E-state index in [2.05, 4.69) is 4.85 Å². The van der Waals surface area contributed by atoms with Crippen molar-refractivity contribution in [1.29, 1.82) is 5.26 Å².